The van der Waals surface area contributed by atoms with E-state index in [2.05, 4.69) is 5.32 Å². The Morgan fingerprint density at radius 1 is 1.31 bits per heavy atom. The van der Waals surface area contributed by atoms with Crippen molar-refractivity contribution in [2.75, 3.05) is 6.54 Å². The van der Waals surface area contributed by atoms with Crippen molar-refractivity contribution in [3.63, 3.8) is 0 Å². The Kier molecular flexibility index (Phi) is 3.81. The first-order valence-electron chi connectivity index (χ1n) is 9.66. The lowest BCUT2D eigenvalue weighted by Crippen LogP contribution is -2.48. The number of benzene rings is 1. The van der Waals surface area contributed by atoms with Gasteiger partial charge in [0.1, 0.15) is 11.4 Å². The molecule has 150 valence electrons. The third kappa shape index (κ3) is 2.66. The number of halogens is 1. The molecule has 2 N–H and O–H groups in total. The number of amides is 2. The minimum absolute atomic E-state index is 0.0409. The van der Waals surface area contributed by atoms with E-state index in [0.717, 1.165) is 6.42 Å². The normalized spacial score (nSPS) is 24.0. The van der Waals surface area contributed by atoms with E-state index in [-0.39, 0.29) is 29.8 Å². The molecular weight excluding hydrogens is 377 g/mol. The number of aromatic nitrogens is 1. The highest BCUT2D eigenvalue weighted by Crippen LogP contribution is 2.51. The van der Waals surface area contributed by atoms with E-state index in [4.69, 9.17) is 0 Å². The molecule has 2 aliphatic heterocycles. The van der Waals surface area contributed by atoms with Gasteiger partial charge < -0.3 is 19.9 Å². The molecule has 3 aliphatic rings. The van der Waals surface area contributed by atoms with Crippen molar-refractivity contribution >= 4 is 11.8 Å². The Morgan fingerprint density at radius 3 is 2.90 bits per heavy atom. The Morgan fingerprint density at radius 2 is 2.10 bits per heavy atom. The molecule has 3 atom stereocenters. The van der Waals surface area contributed by atoms with Gasteiger partial charge in [-0.25, -0.2) is 4.39 Å². The Balaban J connectivity index is 1.44. The van der Waals surface area contributed by atoms with Gasteiger partial charge in [-0.3, -0.25) is 14.4 Å². The van der Waals surface area contributed by atoms with E-state index < -0.39 is 22.9 Å². The summed E-state index contributed by atoms with van der Waals surface area (Å²) in [6, 6.07) is 4.91. The van der Waals surface area contributed by atoms with Gasteiger partial charge in [-0.05, 0) is 30.7 Å². The molecule has 1 saturated carbocycles. The summed E-state index contributed by atoms with van der Waals surface area (Å²) >= 11 is 0. The molecular formula is C21H20FN3O4. The van der Waals surface area contributed by atoms with Crippen LogP contribution in [0.2, 0.25) is 0 Å². The number of aromatic hydroxyl groups is 1. The number of piperidine rings is 1. The van der Waals surface area contributed by atoms with Gasteiger partial charge in [0.15, 0.2) is 11.4 Å². The van der Waals surface area contributed by atoms with Crippen molar-refractivity contribution in [2.45, 2.75) is 32.5 Å². The number of hydrogen-bond donors (Lipinski definition) is 2. The second kappa shape index (κ2) is 6.17. The number of pyridine rings is 1. The van der Waals surface area contributed by atoms with E-state index in [1.54, 1.807) is 30.0 Å². The minimum atomic E-state index is -0.894. The topological polar surface area (TPSA) is 91.6 Å². The molecule has 0 radical (unpaired) electrons. The molecule has 1 saturated heterocycles. The van der Waals surface area contributed by atoms with Gasteiger partial charge in [-0.1, -0.05) is 18.2 Å². The summed E-state index contributed by atoms with van der Waals surface area (Å²) in [5.74, 6) is -1.24. The van der Waals surface area contributed by atoms with Crippen molar-refractivity contribution in [3.05, 3.63) is 62.8 Å². The van der Waals surface area contributed by atoms with Gasteiger partial charge in [0.25, 0.3) is 11.8 Å². The van der Waals surface area contributed by atoms with Crippen molar-refractivity contribution < 1.29 is 19.1 Å². The molecule has 29 heavy (non-hydrogen) atoms. The maximum Gasteiger partial charge on any atom is 0.274 e. The van der Waals surface area contributed by atoms with Crippen LogP contribution in [-0.2, 0) is 13.1 Å². The van der Waals surface area contributed by atoms with Crippen LogP contribution < -0.4 is 10.7 Å². The van der Waals surface area contributed by atoms with Crippen LogP contribution in [0.4, 0.5) is 4.39 Å². The van der Waals surface area contributed by atoms with Crippen LogP contribution in [0.3, 0.4) is 0 Å². The summed E-state index contributed by atoms with van der Waals surface area (Å²) in [6.07, 6.45) is 2.43. The average molecular weight is 397 g/mol. The predicted octanol–water partition coefficient (Wildman–Crippen LogP) is 1.41. The van der Waals surface area contributed by atoms with E-state index in [1.807, 2.05) is 0 Å². The predicted molar refractivity (Wildman–Crippen MR) is 101 cm³/mol. The Hall–Kier alpha value is -3.16. The van der Waals surface area contributed by atoms with Gasteiger partial charge in [-0.2, -0.15) is 0 Å². The smallest absolute Gasteiger partial charge is 0.274 e. The summed E-state index contributed by atoms with van der Waals surface area (Å²) < 4.78 is 15.6. The van der Waals surface area contributed by atoms with Crippen LogP contribution in [0.15, 0.2) is 29.2 Å². The van der Waals surface area contributed by atoms with Crippen molar-refractivity contribution in [1.29, 1.82) is 0 Å². The summed E-state index contributed by atoms with van der Waals surface area (Å²) in [5.41, 5.74) is -0.451. The first-order valence-corrected chi connectivity index (χ1v) is 9.66. The first-order chi connectivity index (χ1) is 13.9. The zero-order chi connectivity index (χ0) is 20.4. The third-order valence-corrected chi connectivity index (χ3v) is 6.36. The standard InChI is InChI=1S/C21H20FN3O4/c1-10-3-2-4-11(16(10)22)6-23-20(28)14-8-24-9-15-13-5-12(13)7-25(15)21(29)17(24)19(27)18(14)26/h2-4,8,12-13,15,27H,5-7,9H2,1H3,(H,23,28)/t12-,13?,15+/m1/s1. The molecule has 3 heterocycles. The summed E-state index contributed by atoms with van der Waals surface area (Å²) in [7, 11) is 0. The molecule has 7 nitrogen and oxygen atoms in total. The van der Waals surface area contributed by atoms with E-state index in [0.29, 0.717) is 36.1 Å². The molecule has 1 aromatic carbocycles. The number of fused-ring (bicyclic) bond motifs is 4. The summed E-state index contributed by atoms with van der Waals surface area (Å²) in [5, 5.41) is 12.9. The quantitative estimate of drug-likeness (QED) is 0.819. The number of aryl methyl sites for hydroxylation is 1. The molecule has 2 aromatic rings. The molecule has 2 amide bonds. The lowest BCUT2D eigenvalue weighted by molar-refractivity contribution is 0.0620. The molecule has 1 aliphatic carbocycles. The Labute approximate surface area is 165 Å². The van der Waals surface area contributed by atoms with Crippen LogP contribution in [0.5, 0.6) is 5.75 Å². The minimum Gasteiger partial charge on any atom is -0.503 e. The zero-order valence-electron chi connectivity index (χ0n) is 15.8. The second-order valence-corrected chi connectivity index (χ2v) is 8.14. The number of rotatable bonds is 3. The van der Waals surface area contributed by atoms with Crippen molar-refractivity contribution in [1.82, 2.24) is 14.8 Å². The van der Waals surface area contributed by atoms with Crippen molar-refractivity contribution in [3.8, 4) is 5.75 Å². The first kappa shape index (κ1) is 17.9. The Bertz CT molecular complexity index is 1130. The summed E-state index contributed by atoms with van der Waals surface area (Å²) in [6.45, 7) is 2.64. The number of nitrogens with zero attached hydrogens (tertiary/aromatic N) is 2. The summed E-state index contributed by atoms with van der Waals surface area (Å²) in [4.78, 5) is 39.7. The van der Waals surface area contributed by atoms with E-state index in [1.165, 1.54) is 10.8 Å². The highest BCUT2D eigenvalue weighted by molar-refractivity contribution is 5.99. The lowest BCUT2D eigenvalue weighted by Gasteiger charge is -2.34. The maximum atomic E-state index is 14.1. The highest BCUT2D eigenvalue weighted by Gasteiger charge is 2.56. The van der Waals surface area contributed by atoms with Gasteiger partial charge in [0.05, 0.1) is 6.04 Å². The van der Waals surface area contributed by atoms with Crippen LogP contribution in [-0.4, -0.2) is 39.0 Å². The molecule has 8 heteroatoms. The van der Waals surface area contributed by atoms with Crippen molar-refractivity contribution in [2.24, 2.45) is 11.8 Å². The molecule has 0 bridgehead atoms. The largest absolute Gasteiger partial charge is 0.503 e. The fourth-order valence-electron chi connectivity index (χ4n) is 4.67. The van der Waals surface area contributed by atoms with Crippen LogP contribution >= 0.6 is 0 Å². The van der Waals surface area contributed by atoms with Gasteiger partial charge in [0.2, 0.25) is 5.43 Å². The van der Waals surface area contributed by atoms with E-state index in [9.17, 15) is 23.9 Å². The molecule has 2 fully saturated rings. The van der Waals surface area contributed by atoms with Gasteiger partial charge >= 0.3 is 0 Å². The SMILES string of the molecule is Cc1cccc(CNC(=O)c2cn3c(c(O)c2=O)C(=O)N2C[C@H]4CC4[C@@H]2C3)c1F. The molecule has 5 rings (SSSR count). The monoisotopic (exact) mass is 397 g/mol. The van der Waals surface area contributed by atoms with Crippen LogP contribution in [0.25, 0.3) is 0 Å². The molecule has 1 unspecified atom stereocenters. The van der Waals surface area contributed by atoms with Crippen LogP contribution in [0.1, 0.15) is 38.4 Å². The number of carbonyl (C=O) groups is 2. The van der Waals surface area contributed by atoms with Gasteiger partial charge in [0, 0.05) is 31.4 Å². The fraction of sp³-hybridized carbons (Fsp3) is 0.381. The van der Waals surface area contributed by atoms with Gasteiger partial charge in [-0.15, -0.1) is 0 Å². The zero-order valence-corrected chi connectivity index (χ0v) is 15.8. The highest BCUT2D eigenvalue weighted by atomic mass is 19.1. The number of hydrogen-bond acceptors (Lipinski definition) is 4. The second-order valence-electron chi connectivity index (χ2n) is 8.14. The fourth-order valence-corrected chi connectivity index (χ4v) is 4.67. The number of carbonyl (C=O) groups excluding carboxylic acids is 2. The van der Waals surface area contributed by atoms with Crippen LogP contribution in [0, 0.1) is 24.6 Å². The van der Waals surface area contributed by atoms with E-state index >= 15 is 0 Å². The third-order valence-electron chi connectivity index (χ3n) is 6.36. The molecule has 1 aromatic heterocycles. The molecule has 0 spiro atoms. The number of nitrogens with one attached hydrogen (secondary N) is 1. The maximum absolute atomic E-state index is 14.1. The average Bonchev–Trinajstić information content (AvgIpc) is 3.38. The lowest BCUT2D eigenvalue weighted by atomic mass is 10.1.